The molecule has 1 aliphatic rings. The topological polar surface area (TPSA) is 56.8 Å². The van der Waals surface area contributed by atoms with Crippen molar-refractivity contribution in [3.05, 3.63) is 53.8 Å². The summed E-state index contributed by atoms with van der Waals surface area (Å²) >= 11 is 0. The fraction of sp³-hybridized carbons (Fsp3) is 0.350. The lowest BCUT2D eigenvalue weighted by molar-refractivity contribution is -0.122. The molecule has 0 bridgehead atoms. The summed E-state index contributed by atoms with van der Waals surface area (Å²) < 4.78 is 29.6. The third-order valence-electron chi connectivity index (χ3n) is 4.06. The number of carbonyl (C=O) groups is 1. The first kappa shape index (κ1) is 18.0. The number of hydrogen-bond donors (Lipinski definition) is 1. The minimum Gasteiger partial charge on any atom is -0.493 e. The van der Waals surface area contributed by atoms with Gasteiger partial charge in [-0.25, -0.2) is 4.39 Å². The molecule has 0 saturated carbocycles. The number of carbonyl (C=O) groups excluding carboxylic acids is 1. The molecule has 1 N–H and O–H groups in total. The molecule has 1 aliphatic heterocycles. The second-order valence-corrected chi connectivity index (χ2v) is 6.10. The molecule has 0 aliphatic carbocycles. The van der Waals surface area contributed by atoms with Crippen LogP contribution in [0.4, 0.5) is 4.39 Å². The van der Waals surface area contributed by atoms with Gasteiger partial charge in [0.25, 0.3) is 0 Å². The molecule has 0 unspecified atom stereocenters. The molecular formula is C20H22FNO4. The molecule has 0 fully saturated rings. The van der Waals surface area contributed by atoms with Crippen LogP contribution in [0.1, 0.15) is 31.4 Å². The predicted molar refractivity (Wildman–Crippen MR) is 95.1 cm³/mol. The van der Waals surface area contributed by atoms with Crippen LogP contribution in [0.25, 0.3) is 0 Å². The Morgan fingerprint density at radius 1 is 1.15 bits per heavy atom. The van der Waals surface area contributed by atoms with Gasteiger partial charge in [0.15, 0.2) is 11.5 Å². The normalized spacial score (nSPS) is 14.2. The highest BCUT2D eigenvalue weighted by Gasteiger charge is 2.15. The van der Waals surface area contributed by atoms with Gasteiger partial charge in [-0.05, 0) is 48.9 Å². The van der Waals surface area contributed by atoms with Gasteiger partial charge in [-0.1, -0.05) is 6.07 Å². The highest BCUT2D eigenvalue weighted by Crippen LogP contribution is 2.32. The van der Waals surface area contributed by atoms with Crippen LogP contribution in [0.3, 0.4) is 0 Å². The Balaban J connectivity index is 1.49. The molecule has 2 aromatic rings. The van der Waals surface area contributed by atoms with Crippen molar-refractivity contribution in [2.45, 2.75) is 25.8 Å². The van der Waals surface area contributed by atoms with Gasteiger partial charge in [-0.15, -0.1) is 0 Å². The number of amides is 1. The molecule has 138 valence electrons. The molecular weight excluding hydrogens is 337 g/mol. The summed E-state index contributed by atoms with van der Waals surface area (Å²) in [6.07, 6.45) is 1.07. The van der Waals surface area contributed by atoms with Crippen LogP contribution < -0.4 is 19.5 Å². The van der Waals surface area contributed by atoms with Gasteiger partial charge in [0, 0.05) is 6.42 Å². The summed E-state index contributed by atoms with van der Waals surface area (Å²) in [5.41, 5.74) is 0.946. The van der Waals surface area contributed by atoms with E-state index in [1.807, 2.05) is 25.1 Å². The Morgan fingerprint density at radius 3 is 2.65 bits per heavy atom. The van der Waals surface area contributed by atoms with Crippen molar-refractivity contribution in [2.24, 2.45) is 0 Å². The number of rotatable bonds is 6. The lowest BCUT2D eigenvalue weighted by atomic mass is 10.1. The zero-order chi connectivity index (χ0) is 18.4. The number of benzene rings is 2. The molecule has 5 nitrogen and oxygen atoms in total. The van der Waals surface area contributed by atoms with Crippen molar-refractivity contribution in [3.8, 4) is 17.2 Å². The first-order valence-electron chi connectivity index (χ1n) is 8.69. The average Bonchev–Trinajstić information content (AvgIpc) is 2.88. The van der Waals surface area contributed by atoms with Gasteiger partial charge in [0.1, 0.15) is 11.6 Å². The predicted octanol–water partition coefficient (Wildman–Crippen LogP) is 3.63. The summed E-state index contributed by atoms with van der Waals surface area (Å²) in [5, 5.41) is 2.94. The quantitative estimate of drug-likeness (QED) is 0.856. The number of halogens is 1. The fourth-order valence-electron chi connectivity index (χ4n) is 2.64. The van der Waals surface area contributed by atoms with Crippen molar-refractivity contribution in [1.29, 1.82) is 0 Å². The Kier molecular flexibility index (Phi) is 5.94. The molecule has 0 aromatic heterocycles. The molecule has 0 radical (unpaired) electrons. The summed E-state index contributed by atoms with van der Waals surface area (Å²) in [6, 6.07) is 11.2. The van der Waals surface area contributed by atoms with Crippen LogP contribution >= 0.6 is 0 Å². The van der Waals surface area contributed by atoms with Crippen LogP contribution in [0.2, 0.25) is 0 Å². The van der Waals surface area contributed by atoms with E-state index in [9.17, 15) is 9.18 Å². The van der Waals surface area contributed by atoms with Crippen LogP contribution in [0.15, 0.2) is 42.5 Å². The van der Waals surface area contributed by atoms with Gasteiger partial charge < -0.3 is 19.5 Å². The van der Waals surface area contributed by atoms with Crippen LogP contribution in [-0.4, -0.2) is 25.7 Å². The summed E-state index contributed by atoms with van der Waals surface area (Å²) in [4.78, 5) is 12.1. The van der Waals surface area contributed by atoms with Crippen LogP contribution in [-0.2, 0) is 4.79 Å². The van der Waals surface area contributed by atoms with E-state index in [4.69, 9.17) is 14.2 Å². The minimum absolute atomic E-state index is 0.119. The second-order valence-electron chi connectivity index (χ2n) is 6.10. The van der Waals surface area contributed by atoms with Crippen molar-refractivity contribution in [1.82, 2.24) is 5.32 Å². The van der Waals surface area contributed by atoms with E-state index in [1.165, 1.54) is 24.3 Å². The van der Waals surface area contributed by atoms with Crippen molar-refractivity contribution in [2.75, 3.05) is 19.8 Å². The summed E-state index contributed by atoms with van der Waals surface area (Å²) in [6.45, 7) is 3.41. The maximum Gasteiger partial charge on any atom is 0.223 e. The third kappa shape index (κ3) is 4.88. The monoisotopic (exact) mass is 359 g/mol. The zero-order valence-electron chi connectivity index (χ0n) is 14.7. The first-order chi connectivity index (χ1) is 12.6. The van der Waals surface area contributed by atoms with Gasteiger partial charge in [0.2, 0.25) is 5.91 Å². The first-order valence-corrected chi connectivity index (χ1v) is 8.69. The molecule has 2 aromatic carbocycles. The SMILES string of the molecule is C[C@@H](NC(=O)CCOc1ccc(F)cc1)c1ccc2c(c1)OCCCO2. The van der Waals surface area contributed by atoms with E-state index in [-0.39, 0.29) is 30.8 Å². The van der Waals surface area contributed by atoms with Crippen molar-refractivity contribution in [3.63, 3.8) is 0 Å². The fourth-order valence-corrected chi connectivity index (χ4v) is 2.64. The molecule has 0 saturated heterocycles. The Morgan fingerprint density at radius 2 is 1.88 bits per heavy atom. The Bertz CT molecular complexity index is 748. The zero-order valence-corrected chi connectivity index (χ0v) is 14.7. The summed E-state index contributed by atoms with van der Waals surface area (Å²) in [5.74, 6) is 1.54. The third-order valence-corrected chi connectivity index (χ3v) is 4.06. The average molecular weight is 359 g/mol. The van der Waals surface area contributed by atoms with Gasteiger partial charge >= 0.3 is 0 Å². The lowest BCUT2D eigenvalue weighted by Crippen LogP contribution is -2.27. The smallest absolute Gasteiger partial charge is 0.223 e. The van der Waals surface area contributed by atoms with E-state index in [0.717, 1.165) is 17.7 Å². The number of hydrogen-bond acceptors (Lipinski definition) is 4. The molecule has 1 heterocycles. The Hall–Kier alpha value is -2.76. The second kappa shape index (κ2) is 8.56. The van der Waals surface area contributed by atoms with E-state index in [2.05, 4.69) is 5.32 Å². The highest BCUT2D eigenvalue weighted by atomic mass is 19.1. The molecule has 6 heteroatoms. The molecule has 3 rings (SSSR count). The Labute approximate surface area is 152 Å². The number of fused-ring (bicyclic) bond motifs is 1. The molecule has 1 atom stereocenters. The largest absolute Gasteiger partial charge is 0.493 e. The number of ether oxygens (including phenoxy) is 3. The van der Waals surface area contributed by atoms with E-state index in [1.54, 1.807) is 0 Å². The van der Waals surface area contributed by atoms with E-state index < -0.39 is 0 Å². The van der Waals surface area contributed by atoms with Crippen molar-refractivity contribution >= 4 is 5.91 Å². The van der Waals surface area contributed by atoms with Crippen molar-refractivity contribution < 1.29 is 23.4 Å². The molecule has 26 heavy (non-hydrogen) atoms. The molecule has 0 spiro atoms. The molecule has 1 amide bonds. The van der Waals surface area contributed by atoms with Crippen LogP contribution in [0, 0.1) is 5.82 Å². The maximum atomic E-state index is 12.8. The van der Waals surface area contributed by atoms with E-state index in [0.29, 0.717) is 24.7 Å². The summed E-state index contributed by atoms with van der Waals surface area (Å²) in [7, 11) is 0. The van der Waals surface area contributed by atoms with Gasteiger partial charge in [0.05, 0.1) is 32.3 Å². The van der Waals surface area contributed by atoms with E-state index >= 15 is 0 Å². The van der Waals surface area contributed by atoms with Gasteiger partial charge in [-0.2, -0.15) is 0 Å². The standard InChI is InChI=1S/C20H22FNO4/c1-14(15-3-8-18-19(13-15)26-11-2-10-25-18)22-20(23)9-12-24-17-6-4-16(21)5-7-17/h3-8,13-14H,2,9-12H2,1H3,(H,22,23)/t14-/m1/s1. The highest BCUT2D eigenvalue weighted by molar-refractivity contribution is 5.76. The maximum absolute atomic E-state index is 12.8. The lowest BCUT2D eigenvalue weighted by Gasteiger charge is -2.16. The van der Waals surface area contributed by atoms with Gasteiger partial charge in [-0.3, -0.25) is 4.79 Å². The minimum atomic E-state index is -0.320. The van der Waals surface area contributed by atoms with Crippen LogP contribution in [0.5, 0.6) is 17.2 Å². The number of nitrogens with one attached hydrogen (secondary N) is 1.